The third-order valence-electron chi connectivity index (χ3n) is 2.99. The Bertz CT molecular complexity index is 226. The van der Waals surface area contributed by atoms with Crippen LogP contribution < -0.4 is 0 Å². The first kappa shape index (κ1) is 30.3. The molecule has 0 fully saturated rings. The highest BCUT2D eigenvalue weighted by molar-refractivity contribution is 5.66. The molecule has 4 heteroatoms. The van der Waals surface area contributed by atoms with E-state index in [4.69, 9.17) is 10.2 Å². The van der Waals surface area contributed by atoms with Crippen LogP contribution in [0.4, 0.5) is 0 Å². The van der Waals surface area contributed by atoms with Crippen molar-refractivity contribution >= 4 is 11.9 Å². The molecule has 0 aliphatic rings. The molecular weight excluding hydrogens is 304 g/mol. The average molecular weight is 345 g/mol. The Morgan fingerprint density at radius 3 is 1.04 bits per heavy atom. The standard InChI is InChI=1S/2C8H16O2.2C2H4/c2*1-2-3-4-5-6-7-8(9)10;2*1-2/h2*2-7H2,1H3,(H,9,10);2*1-2H2. The lowest BCUT2D eigenvalue weighted by Crippen LogP contribution is -1.93. The molecule has 2 N–H and O–H groups in total. The minimum atomic E-state index is -0.670. The highest BCUT2D eigenvalue weighted by Crippen LogP contribution is 2.04. The van der Waals surface area contributed by atoms with Gasteiger partial charge in [-0.3, -0.25) is 9.59 Å². The van der Waals surface area contributed by atoms with Crippen LogP contribution in [0, 0.1) is 0 Å². The van der Waals surface area contributed by atoms with E-state index in [0.717, 1.165) is 25.7 Å². The van der Waals surface area contributed by atoms with Gasteiger partial charge in [-0.25, -0.2) is 0 Å². The fraction of sp³-hybridized carbons (Fsp3) is 0.700. The summed E-state index contributed by atoms with van der Waals surface area (Å²) in [5.74, 6) is -1.34. The van der Waals surface area contributed by atoms with Crippen molar-refractivity contribution in [2.45, 2.75) is 90.9 Å². The molecule has 0 radical (unpaired) electrons. The highest BCUT2D eigenvalue weighted by Gasteiger charge is 1.95. The van der Waals surface area contributed by atoms with Gasteiger partial charge in [0.2, 0.25) is 0 Å². The molecule has 0 aliphatic carbocycles. The number of aliphatic carboxylic acids is 2. The fourth-order valence-electron chi connectivity index (χ4n) is 1.76. The van der Waals surface area contributed by atoms with Gasteiger partial charge in [0, 0.05) is 12.8 Å². The molecule has 0 aromatic heterocycles. The molecule has 0 bridgehead atoms. The summed E-state index contributed by atoms with van der Waals surface area (Å²) in [5, 5.41) is 16.5. The van der Waals surface area contributed by atoms with E-state index in [1.807, 2.05) is 0 Å². The van der Waals surface area contributed by atoms with E-state index in [0.29, 0.717) is 12.8 Å². The van der Waals surface area contributed by atoms with Crippen LogP contribution >= 0.6 is 0 Å². The third kappa shape index (κ3) is 49.9. The molecule has 4 nitrogen and oxygen atoms in total. The van der Waals surface area contributed by atoms with Gasteiger partial charge in [-0.15, -0.1) is 26.3 Å². The van der Waals surface area contributed by atoms with Crippen molar-refractivity contribution in [2.75, 3.05) is 0 Å². The van der Waals surface area contributed by atoms with Crippen molar-refractivity contribution in [1.82, 2.24) is 0 Å². The number of carboxylic acids is 2. The summed E-state index contributed by atoms with van der Waals surface area (Å²) in [6.07, 6.45) is 11.8. The maximum Gasteiger partial charge on any atom is 0.303 e. The fourth-order valence-corrected chi connectivity index (χ4v) is 1.76. The van der Waals surface area contributed by atoms with Crippen molar-refractivity contribution < 1.29 is 19.8 Å². The Labute approximate surface area is 149 Å². The largest absolute Gasteiger partial charge is 0.481 e. The van der Waals surface area contributed by atoms with Crippen LogP contribution in [0.5, 0.6) is 0 Å². The number of hydrogen-bond donors (Lipinski definition) is 2. The lowest BCUT2D eigenvalue weighted by Gasteiger charge is -1.95. The van der Waals surface area contributed by atoms with Crippen LogP contribution in [0.2, 0.25) is 0 Å². The van der Waals surface area contributed by atoms with E-state index in [1.165, 1.54) is 38.5 Å². The van der Waals surface area contributed by atoms with Gasteiger partial charge in [-0.05, 0) is 12.8 Å². The Morgan fingerprint density at radius 1 is 0.583 bits per heavy atom. The Hall–Kier alpha value is -1.58. The summed E-state index contributed by atoms with van der Waals surface area (Å²) >= 11 is 0. The van der Waals surface area contributed by atoms with Gasteiger partial charge < -0.3 is 10.2 Å². The molecule has 0 aromatic carbocycles. The predicted molar refractivity (Wildman–Crippen MR) is 105 cm³/mol. The van der Waals surface area contributed by atoms with E-state index in [1.54, 1.807) is 0 Å². The zero-order valence-corrected chi connectivity index (χ0v) is 16.0. The molecule has 0 spiro atoms. The smallest absolute Gasteiger partial charge is 0.303 e. The van der Waals surface area contributed by atoms with Gasteiger partial charge in [0.15, 0.2) is 0 Å². The molecule has 0 saturated heterocycles. The first-order valence-corrected chi connectivity index (χ1v) is 8.98. The molecule has 0 saturated carbocycles. The van der Waals surface area contributed by atoms with Gasteiger partial charge in [0.1, 0.15) is 0 Å². The summed E-state index contributed by atoms with van der Waals surface area (Å²) in [4.78, 5) is 20.1. The van der Waals surface area contributed by atoms with E-state index in [9.17, 15) is 9.59 Å². The maximum atomic E-state index is 10.0. The molecule has 0 aromatic rings. The van der Waals surface area contributed by atoms with Crippen molar-refractivity contribution in [2.24, 2.45) is 0 Å². The second-order valence-corrected chi connectivity index (χ2v) is 5.12. The molecule has 0 rings (SSSR count). The zero-order valence-electron chi connectivity index (χ0n) is 16.0. The van der Waals surface area contributed by atoms with Crippen LogP contribution in [-0.2, 0) is 9.59 Å². The number of carboxylic acid groups (broad SMARTS) is 2. The van der Waals surface area contributed by atoms with Gasteiger partial charge in [0.05, 0.1) is 0 Å². The first-order valence-electron chi connectivity index (χ1n) is 8.98. The summed E-state index contributed by atoms with van der Waals surface area (Å²) in [6, 6.07) is 0. The molecule has 144 valence electrons. The van der Waals surface area contributed by atoms with Crippen LogP contribution in [-0.4, -0.2) is 22.2 Å². The molecule has 0 unspecified atom stereocenters. The van der Waals surface area contributed by atoms with Crippen LogP contribution in [0.1, 0.15) is 90.9 Å². The monoisotopic (exact) mass is 344 g/mol. The molecule has 0 heterocycles. The average Bonchev–Trinajstić information content (AvgIpc) is 2.58. The second-order valence-electron chi connectivity index (χ2n) is 5.12. The van der Waals surface area contributed by atoms with Crippen molar-refractivity contribution in [1.29, 1.82) is 0 Å². The molecule has 0 atom stereocenters. The van der Waals surface area contributed by atoms with Crippen molar-refractivity contribution in [3.63, 3.8) is 0 Å². The van der Waals surface area contributed by atoms with Gasteiger partial charge in [-0.2, -0.15) is 0 Å². The number of carbonyl (C=O) groups is 2. The summed E-state index contributed by atoms with van der Waals surface area (Å²) < 4.78 is 0. The summed E-state index contributed by atoms with van der Waals surface area (Å²) in [5.41, 5.74) is 0. The number of unbranched alkanes of at least 4 members (excludes halogenated alkanes) is 8. The molecule has 0 aliphatic heterocycles. The Balaban J connectivity index is -0.000000138. The molecular formula is C20H40O4. The summed E-state index contributed by atoms with van der Waals surface area (Å²) in [7, 11) is 0. The minimum Gasteiger partial charge on any atom is -0.481 e. The topological polar surface area (TPSA) is 74.6 Å². The quantitative estimate of drug-likeness (QED) is 0.314. The molecule has 0 amide bonds. The van der Waals surface area contributed by atoms with Crippen molar-refractivity contribution in [3.05, 3.63) is 26.3 Å². The van der Waals surface area contributed by atoms with Crippen molar-refractivity contribution in [3.8, 4) is 0 Å². The van der Waals surface area contributed by atoms with Gasteiger partial charge in [-0.1, -0.05) is 65.2 Å². The Kier molecular flexibility index (Phi) is 41.8. The molecule has 24 heavy (non-hydrogen) atoms. The third-order valence-corrected chi connectivity index (χ3v) is 2.99. The summed E-state index contributed by atoms with van der Waals surface area (Å²) in [6.45, 7) is 16.3. The highest BCUT2D eigenvalue weighted by atomic mass is 16.4. The lowest BCUT2D eigenvalue weighted by atomic mass is 10.1. The van der Waals surface area contributed by atoms with E-state index in [2.05, 4.69) is 40.2 Å². The lowest BCUT2D eigenvalue weighted by molar-refractivity contribution is -0.138. The van der Waals surface area contributed by atoms with Gasteiger partial charge >= 0.3 is 11.9 Å². The van der Waals surface area contributed by atoms with Crippen LogP contribution in [0.3, 0.4) is 0 Å². The predicted octanol–water partition coefficient (Wildman–Crippen LogP) is 6.47. The minimum absolute atomic E-state index is 0.337. The van der Waals surface area contributed by atoms with Crippen LogP contribution in [0.25, 0.3) is 0 Å². The van der Waals surface area contributed by atoms with Gasteiger partial charge in [0.25, 0.3) is 0 Å². The normalized spacial score (nSPS) is 8.42. The Morgan fingerprint density at radius 2 is 0.833 bits per heavy atom. The van der Waals surface area contributed by atoms with E-state index >= 15 is 0 Å². The van der Waals surface area contributed by atoms with E-state index < -0.39 is 11.9 Å². The zero-order chi connectivity index (χ0) is 19.6. The first-order chi connectivity index (χ1) is 11.5. The number of rotatable bonds is 12. The SMILES string of the molecule is C=C.C=C.CCCCCCCC(=O)O.CCCCCCCC(=O)O. The number of hydrogen-bond acceptors (Lipinski definition) is 2. The van der Waals surface area contributed by atoms with Crippen LogP contribution in [0.15, 0.2) is 26.3 Å². The second kappa shape index (κ2) is 33.1. The maximum absolute atomic E-state index is 10.0. The van der Waals surface area contributed by atoms with E-state index in [-0.39, 0.29) is 0 Å².